The maximum absolute atomic E-state index is 3.74. The summed E-state index contributed by atoms with van der Waals surface area (Å²) in [6.45, 7) is 13.0. The van der Waals surface area contributed by atoms with Gasteiger partial charge in [-0.05, 0) is 48.4 Å². The maximum Gasteiger partial charge on any atom is 0.0484 e. The van der Waals surface area contributed by atoms with E-state index < -0.39 is 0 Å². The molecule has 1 aromatic carbocycles. The highest BCUT2D eigenvalue weighted by Gasteiger charge is 2.40. The minimum atomic E-state index is 0.438. The number of hydrogen-bond donors (Lipinski definition) is 1. The number of nitrogens with one attached hydrogen (secondary N) is 1. The molecule has 21 heavy (non-hydrogen) atoms. The van der Waals surface area contributed by atoms with Crippen LogP contribution in [0.5, 0.6) is 0 Å². The van der Waals surface area contributed by atoms with Gasteiger partial charge in [0.1, 0.15) is 0 Å². The van der Waals surface area contributed by atoms with E-state index in [1.807, 2.05) is 0 Å². The molecule has 2 heteroatoms. The molecule has 1 saturated heterocycles. The summed E-state index contributed by atoms with van der Waals surface area (Å²) in [5.41, 5.74) is 3.52. The van der Waals surface area contributed by atoms with Crippen LogP contribution in [0, 0.1) is 11.3 Å². The van der Waals surface area contributed by atoms with Crippen molar-refractivity contribution in [3.8, 4) is 0 Å². The van der Waals surface area contributed by atoms with Crippen molar-refractivity contribution in [3.63, 3.8) is 0 Å². The monoisotopic (exact) mass is 286 g/mol. The summed E-state index contributed by atoms with van der Waals surface area (Å²) >= 11 is 0. The lowest BCUT2D eigenvalue weighted by Gasteiger charge is -2.32. The minimum absolute atomic E-state index is 0.438. The van der Waals surface area contributed by atoms with Crippen molar-refractivity contribution in [2.24, 2.45) is 11.3 Å². The van der Waals surface area contributed by atoms with E-state index in [-0.39, 0.29) is 0 Å². The van der Waals surface area contributed by atoms with Gasteiger partial charge < -0.3 is 5.32 Å². The van der Waals surface area contributed by atoms with Gasteiger partial charge in [0.25, 0.3) is 0 Å². The van der Waals surface area contributed by atoms with E-state index in [0.717, 1.165) is 12.5 Å². The largest absolute Gasteiger partial charge is 0.309 e. The van der Waals surface area contributed by atoms with Crippen LogP contribution in [0.25, 0.3) is 0 Å². The summed E-state index contributed by atoms with van der Waals surface area (Å²) in [7, 11) is 0. The first-order valence-electron chi connectivity index (χ1n) is 8.56. The topological polar surface area (TPSA) is 15.3 Å². The Bertz CT molecular complexity index is 489. The lowest BCUT2D eigenvalue weighted by Crippen LogP contribution is -2.42. The SMILES string of the molecule is CCNC1c2ccccc2CC1N1CCC(C(C)(C)C)C1. The lowest BCUT2D eigenvalue weighted by molar-refractivity contribution is 0.172. The molecule has 1 aliphatic heterocycles. The molecule has 3 rings (SSSR count). The zero-order chi connectivity index (χ0) is 15.0. The highest BCUT2D eigenvalue weighted by Crippen LogP contribution is 2.40. The van der Waals surface area contributed by atoms with Crippen LogP contribution >= 0.6 is 0 Å². The first-order valence-corrected chi connectivity index (χ1v) is 8.56. The second kappa shape index (κ2) is 5.73. The molecule has 0 radical (unpaired) electrons. The van der Waals surface area contributed by atoms with E-state index in [1.165, 1.54) is 31.5 Å². The number of likely N-dealkylation sites (tertiary alicyclic amines) is 1. The Morgan fingerprint density at radius 3 is 2.67 bits per heavy atom. The number of rotatable bonds is 3. The summed E-state index contributed by atoms with van der Waals surface area (Å²) in [5.74, 6) is 0.837. The fourth-order valence-electron chi connectivity index (χ4n) is 4.18. The van der Waals surface area contributed by atoms with E-state index in [1.54, 1.807) is 5.56 Å². The molecule has 2 aliphatic rings. The lowest BCUT2D eigenvalue weighted by atomic mass is 9.80. The van der Waals surface area contributed by atoms with Crippen molar-refractivity contribution in [1.29, 1.82) is 0 Å². The molecule has 3 unspecified atom stereocenters. The quantitative estimate of drug-likeness (QED) is 0.913. The third-order valence-corrected chi connectivity index (χ3v) is 5.54. The van der Waals surface area contributed by atoms with Gasteiger partial charge in [-0.15, -0.1) is 0 Å². The molecular weight excluding hydrogens is 256 g/mol. The van der Waals surface area contributed by atoms with Gasteiger partial charge in [0.05, 0.1) is 0 Å². The van der Waals surface area contributed by atoms with Gasteiger partial charge in [0.2, 0.25) is 0 Å². The number of hydrogen-bond acceptors (Lipinski definition) is 2. The predicted octanol–water partition coefficient (Wildman–Crippen LogP) is 3.63. The Morgan fingerprint density at radius 1 is 1.24 bits per heavy atom. The summed E-state index contributed by atoms with van der Waals surface area (Å²) in [4.78, 5) is 2.75. The molecular formula is C19H30N2. The zero-order valence-corrected chi connectivity index (χ0v) is 14.0. The van der Waals surface area contributed by atoms with Gasteiger partial charge in [-0.25, -0.2) is 0 Å². The van der Waals surface area contributed by atoms with Gasteiger partial charge in [-0.2, -0.15) is 0 Å². The Morgan fingerprint density at radius 2 is 2.00 bits per heavy atom. The molecule has 1 aromatic rings. The van der Waals surface area contributed by atoms with Crippen molar-refractivity contribution >= 4 is 0 Å². The fraction of sp³-hybridized carbons (Fsp3) is 0.684. The number of benzene rings is 1. The summed E-state index contributed by atoms with van der Waals surface area (Å²) in [6, 6.07) is 10.2. The van der Waals surface area contributed by atoms with Crippen molar-refractivity contribution in [2.45, 2.75) is 52.6 Å². The molecule has 0 aromatic heterocycles. The second-order valence-electron chi connectivity index (χ2n) is 7.85. The molecule has 116 valence electrons. The van der Waals surface area contributed by atoms with E-state index in [2.05, 4.69) is 62.2 Å². The van der Waals surface area contributed by atoms with Crippen LogP contribution in [0.1, 0.15) is 51.3 Å². The normalized spacial score (nSPS) is 29.8. The third-order valence-electron chi connectivity index (χ3n) is 5.54. The van der Waals surface area contributed by atoms with Crippen molar-refractivity contribution < 1.29 is 0 Å². The molecule has 1 aliphatic carbocycles. The van der Waals surface area contributed by atoms with E-state index in [0.29, 0.717) is 17.5 Å². The second-order valence-corrected chi connectivity index (χ2v) is 7.85. The van der Waals surface area contributed by atoms with Crippen LogP contribution in [-0.2, 0) is 6.42 Å². The first-order chi connectivity index (χ1) is 10.0. The van der Waals surface area contributed by atoms with Crippen LogP contribution < -0.4 is 5.32 Å². The summed E-state index contributed by atoms with van der Waals surface area (Å²) in [6.07, 6.45) is 2.57. The van der Waals surface area contributed by atoms with Crippen LogP contribution in [0.2, 0.25) is 0 Å². The first kappa shape index (κ1) is 15.1. The van der Waals surface area contributed by atoms with E-state index in [9.17, 15) is 0 Å². The standard InChI is InChI=1S/C19H30N2/c1-5-20-18-16-9-7-6-8-14(16)12-17(18)21-11-10-15(13-21)19(2,3)4/h6-9,15,17-18,20H,5,10-13H2,1-4H3. The zero-order valence-electron chi connectivity index (χ0n) is 14.0. The number of fused-ring (bicyclic) bond motifs is 1. The molecule has 0 bridgehead atoms. The molecule has 1 fully saturated rings. The average molecular weight is 286 g/mol. The average Bonchev–Trinajstić information content (AvgIpc) is 3.03. The van der Waals surface area contributed by atoms with Crippen LogP contribution in [0.4, 0.5) is 0 Å². The molecule has 0 saturated carbocycles. The van der Waals surface area contributed by atoms with E-state index in [4.69, 9.17) is 0 Å². The van der Waals surface area contributed by atoms with Crippen molar-refractivity contribution in [2.75, 3.05) is 19.6 Å². The molecule has 0 amide bonds. The smallest absolute Gasteiger partial charge is 0.0484 e. The van der Waals surface area contributed by atoms with Gasteiger partial charge in [-0.1, -0.05) is 52.0 Å². The minimum Gasteiger partial charge on any atom is -0.309 e. The Hall–Kier alpha value is -0.860. The molecule has 1 heterocycles. The van der Waals surface area contributed by atoms with Gasteiger partial charge in [-0.3, -0.25) is 4.90 Å². The summed E-state index contributed by atoms with van der Waals surface area (Å²) in [5, 5.41) is 3.74. The highest BCUT2D eigenvalue weighted by molar-refractivity contribution is 5.37. The van der Waals surface area contributed by atoms with Crippen LogP contribution in [0.15, 0.2) is 24.3 Å². The van der Waals surface area contributed by atoms with Crippen molar-refractivity contribution in [1.82, 2.24) is 10.2 Å². The summed E-state index contributed by atoms with van der Waals surface area (Å²) < 4.78 is 0. The predicted molar refractivity (Wildman–Crippen MR) is 89.5 cm³/mol. The third kappa shape index (κ3) is 2.89. The number of likely N-dealkylation sites (N-methyl/N-ethyl adjacent to an activating group) is 1. The molecule has 0 spiro atoms. The molecule has 3 atom stereocenters. The van der Waals surface area contributed by atoms with Crippen molar-refractivity contribution in [3.05, 3.63) is 35.4 Å². The van der Waals surface area contributed by atoms with Crippen LogP contribution in [-0.4, -0.2) is 30.6 Å². The maximum atomic E-state index is 3.74. The Labute approximate surface area is 129 Å². The Kier molecular flexibility index (Phi) is 4.11. The van der Waals surface area contributed by atoms with Gasteiger partial charge >= 0.3 is 0 Å². The van der Waals surface area contributed by atoms with Gasteiger partial charge in [0.15, 0.2) is 0 Å². The Balaban J connectivity index is 1.77. The van der Waals surface area contributed by atoms with E-state index >= 15 is 0 Å². The van der Waals surface area contributed by atoms with Crippen LogP contribution in [0.3, 0.4) is 0 Å². The van der Waals surface area contributed by atoms with Gasteiger partial charge in [0, 0.05) is 18.6 Å². The highest BCUT2D eigenvalue weighted by atomic mass is 15.2. The number of nitrogens with zero attached hydrogens (tertiary/aromatic N) is 1. The molecule has 1 N–H and O–H groups in total. The fourth-order valence-corrected chi connectivity index (χ4v) is 4.18. The molecule has 2 nitrogen and oxygen atoms in total.